The fourth-order valence-electron chi connectivity index (χ4n) is 2.85. The number of hydrogen-bond acceptors (Lipinski definition) is 4. The highest BCUT2D eigenvalue weighted by Gasteiger charge is 2.07. The van der Waals surface area contributed by atoms with E-state index in [1.807, 2.05) is 19.1 Å². The molecule has 1 saturated heterocycles. The molecular formula is C19H21NO3. The summed E-state index contributed by atoms with van der Waals surface area (Å²) in [6.07, 6.45) is 3.89. The number of rotatable bonds is 3. The summed E-state index contributed by atoms with van der Waals surface area (Å²) >= 11 is 0. The predicted octanol–water partition coefficient (Wildman–Crippen LogP) is 2.97. The average molecular weight is 311 g/mol. The Balaban J connectivity index is 1.58. The van der Waals surface area contributed by atoms with Gasteiger partial charge in [-0.2, -0.15) is 0 Å². The molecule has 0 spiro atoms. The molecular weight excluding hydrogens is 290 g/mol. The zero-order chi connectivity index (χ0) is 16.1. The normalized spacial score (nSPS) is 15.2. The van der Waals surface area contributed by atoms with Crippen molar-refractivity contribution in [2.45, 2.75) is 26.2 Å². The van der Waals surface area contributed by atoms with Crippen LogP contribution in [0.4, 0.5) is 0 Å². The van der Waals surface area contributed by atoms with E-state index < -0.39 is 0 Å². The van der Waals surface area contributed by atoms with Crippen LogP contribution in [-0.2, 0) is 0 Å². The van der Waals surface area contributed by atoms with E-state index in [0.717, 1.165) is 30.6 Å². The van der Waals surface area contributed by atoms with Crippen molar-refractivity contribution in [2.75, 3.05) is 26.2 Å². The zero-order valence-corrected chi connectivity index (χ0v) is 13.4. The molecule has 1 aromatic carbocycles. The maximum atomic E-state index is 11.4. The van der Waals surface area contributed by atoms with E-state index in [0.29, 0.717) is 17.9 Å². The second-order valence-electron chi connectivity index (χ2n) is 5.89. The summed E-state index contributed by atoms with van der Waals surface area (Å²) in [5, 5.41) is 0.924. The van der Waals surface area contributed by atoms with E-state index in [1.165, 1.54) is 25.3 Å². The van der Waals surface area contributed by atoms with Crippen LogP contribution in [0, 0.1) is 18.8 Å². The molecule has 0 unspecified atom stereocenters. The number of nitrogens with zero attached hydrogens (tertiary/aromatic N) is 1. The lowest BCUT2D eigenvalue weighted by molar-refractivity contribution is 0.255. The van der Waals surface area contributed by atoms with Gasteiger partial charge in [0.2, 0.25) is 0 Å². The maximum Gasteiger partial charge on any atom is 0.336 e. The van der Waals surface area contributed by atoms with Crippen LogP contribution in [0.2, 0.25) is 0 Å². The Kier molecular flexibility index (Phi) is 4.99. The molecule has 120 valence electrons. The second kappa shape index (κ2) is 7.34. The first kappa shape index (κ1) is 15.6. The largest absolute Gasteiger partial charge is 0.481 e. The van der Waals surface area contributed by atoms with Crippen LogP contribution in [-0.4, -0.2) is 31.1 Å². The van der Waals surface area contributed by atoms with Crippen molar-refractivity contribution in [1.82, 2.24) is 4.90 Å². The van der Waals surface area contributed by atoms with Gasteiger partial charge in [0.15, 0.2) is 0 Å². The molecule has 1 aromatic heterocycles. The first-order chi connectivity index (χ1) is 11.2. The van der Waals surface area contributed by atoms with Gasteiger partial charge in [-0.15, -0.1) is 0 Å². The van der Waals surface area contributed by atoms with Gasteiger partial charge in [0.1, 0.15) is 17.9 Å². The molecule has 1 aliphatic heterocycles. The minimum atomic E-state index is -0.339. The van der Waals surface area contributed by atoms with E-state index in [2.05, 4.69) is 16.7 Å². The van der Waals surface area contributed by atoms with Crippen LogP contribution < -0.4 is 10.4 Å². The summed E-state index contributed by atoms with van der Waals surface area (Å²) in [5.74, 6) is 6.87. The van der Waals surface area contributed by atoms with Gasteiger partial charge in [0.05, 0.1) is 6.54 Å². The smallest absolute Gasteiger partial charge is 0.336 e. The highest BCUT2D eigenvalue weighted by Crippen LogP contribution is 2.22. The van der Waals surface area contributed by atoms with Crippen molar-refractivity contribution in [1.29, 1.82) is 0 Å². The molecule has 0 saturated carbocycles. The highest BCUT2D eigenvalue weighted by atomic mass is 16.5. The average Bonchev–Trinajstić information content (AvgIpc) is 2.55. The van der Waals surface area contributed by atoms with Crippen LogP contribution in [0.15, 0.2) is 33.5 Å². The fraction of sp³-hybridized carbons (Fsp3) is 0.421. The van der Waals surface area contributed by atoms with Crippen LogP contribution in [0.25, 0.3) is 11.0 Å². The van der Waals surface area contributed by atoms with Gasteiger partial charge in [-0.05, 0) is 50.6 Å². The van der Waals surface area contributed by atoms with Crippen LogP contribution >= 0.6 is 0 Å². The maximum absolute atomic E-state index is 11.4. The van der Waals surface area contributed by atoms with Crippen molar-refractivity contribution in [3.05, 3.63) is 40.2 Å². The molecule has 2 aromatic rings. The molecule has 4 heteroatoms. The van der Waals surface area contributed by atoms with Crippen molar-refractivity contribution in [2.24, 2.45) is 0 Å². The number of likely N-dealkylation sites (tertiary alicyclic amines) is 1. The number of fused-ring (bicyclic) bond motifs is 1. The molecule has 0 atom stereocenters. The van der Waals surface area contributed by atoms with Gasteiger partial charge in [-0.1, -0.05) is 18.3 Å². The molecule has 4 nitrogen and oxygen atoms in total. The third-order valence-electron chi connectivity index (χ3n) is 4.11. The van der Waals surface area contributed by atoms with Gasteiger partial charge < -0.3 is 9.15 Å². The van der Waals surface area contributed by atoms with Gasteiger partial charge in [0, 0.05) is 17.5 Å². The van der Waals surface area contributed by atoms with E-state index >= 15 is 0 Å². The molecule has 0 amide bonds. The van der Waals surface area contributed by atoms with Crippen molar-refractivity contribution >= 4 is 11.0 Å². The summed E-state index contributed by atoms with van der Waals surface area (Å²) in [7, 11) is 0. The van der Waals surface area contributed by atoms with Gasteiger partial charge in [-0.3, -0.25) is 4.90 Å². The summed E-state index contributed by atoms with van der Waals surface area (Å²) in [5.41, 5.74) is 1.12. The van der Waals surface area contributed by atoms with Crippen LogP contribution in [0.3, 0.4) is 0 Å². The quantitative estimate of drug-likeness (QED) is 0.645. The summed E-state index contributed by atoms with van der Waals surface area (Å²) in [6.45, 7) is 5.35. The standard InChI is InChI=1S/C19H21NO3/c1-15-13-19(21)23-18-14-16(7-8-17(15)18)22-12-6-5-11-20-9-3-2-4-10-20/h7-8,13-14H,2-4,9-12H2,1H3. The first-order valence-corrected chi connectivity index (χ1v) is 8.08. The van der Waals surface area contributed by atoms with Crippen LogP contribution in [0.1, 0.15) is 24.8 Å². The first-order valence-electron chi connectivity index (χ1n) is 8.08. The highest BCUT2D eigenvalue weighted by molar-refractivity contribution is 5.81. The molecule has 2 heterocycles. The molecule has 0 aliphatic carbocycles. The summed E-state index contributed by atoms with van der Waals surface area (Å²) in [4.78, 5) is 13.8. The Morgan fingerprint density at radius 2 is 2.00 bits per heavy atom. The van der Waals surface area contributed by atoms with E-state index in [9.17, 15) is 4.79 Å². The molecule has 23 heavy (non-hydrogen) atoms. The van der Waals surface area contributed by atoms with Gasteiger partial charge in [0.25, 0.3) is 0 Å². The topological polar surface area (TPSA) is 42.7 Å². The Labute approximate surface area is 136 Å². The molecule has 3 rings (SSSR count). The predicted molar refractivity (Wildman–Crippen MR) is 90.8 cm³/mol. The SMILES string of the molecule is Cc1cc(=O)oc2cc(OCC#CCN3CCCCC3)ccc12. The minimum absolute atomic E-state index is 0.339. The fourth-order valence-corrected chi connectivity index (χ4v) is 2.85. The molecule has 1 aliphatic rings. The minimum Gasteiger partial charge on any atom is -0.481 e. The number of benzene rings is 1. The van der Waals surface area contributed by atoms with Crippen molar-refractivity contribution in [3.8, 4) is 17.6 Å². The Morgan fingerprint density at radius 1 is 1.17 bits per heavy atom. The Hall–Kier alpha value is -2.25. The second-order valence-corrected chi connectivity index (χ2v) is 5.89. The Morgan fingerprint density at radius 3 is 2.83 bits per heavy atom. The lowest BCUT2D eigenvalue weighted by atomic mass is 10.1. The van der Waals surface area contributed by atoms with Gasteiger partial charge >= 0.3 is 5.63 Å². The van der Waals surface area contributed by atoms with Crippen molar-refractivity contribution < 1.29 is 9.15 Å². The number of ether oxygens (including phenoxy) is 1. The summed E-state index contributed by atoms with van der Waals surface area (Å²) < 4.78 is 10.8. The number of aryl methyl sites for hydroxylation is 1. The number of hydrogen-bond donors (Lipinski definition) is 0. The monoisotopic (exact) mass is 311 g/mol. The van der Waals surface area contributed by atoms with Crippen molar-refractivity contribution in [3.63, 3.8) is 0 Å². The number of piperidine rings is 1. The lowest BCUT2D eigenvalue weighted by Crippen LogP contribution is -2.29. The Bertz CT molecular complexity index is 792. The molecule has 1 fully saturated rings. The molecule has 0 N–H and O–H groups in total. The van der Waals surface area contributed by atoms with Crippen LogP contribution in [0.5, 0.6) is 5.75 Å². The lowest BCUT2D eigenvalue weighted by Gasteiger charge is -2.23. The van der Waals surface area contributed by atoms with E-state index in [1.54, 1.807) is 6.07 Å². The van der Waals surface area contributed by atoms with Gasteiger partial charge in [-0.25, -0.2) is 4.79 Å². The third kappa shape index (κ3) is 4.14. The molecule has 0 radical (unpaired) electrons. The van der Waals surface area contributed by atoms with E-state index in [-0.39, 0.29) is 5.63 Å². The molecule has 0 bridgehead atoms. The van der Waals surface area contributed by atoms with E-state index in [4.69, 9.17) is 9.15 Å². The summed E-state index contributed by atoms with van der Waals surface area (Å²) in [6, 6.07) is 7.02. The third-order valence-corrected chi connectivity index (χ3v) is 4.11. The zero-order valence-electron chi connectivity index (χ0n) is 13.4.